The molecular formula is C19H20N6O. The van der Waals surface area contributed by atoms with Crippen molar-refractivity contribution < 1.29 is 4.79 Å². The maximum Gasteiger partial charge on any atom is 0.238 e. The molecule has 1 amide bonds. The summed E-state index contributed by atoms with van der Waals surface area (Å²) in [5.41, 5.74) is 2.91. The number of pyridine rings is 1. The smallest absolute Gasteiger partial charge is 0.238 e. The zero-order valence-corrected chi connectivity index (χ0v) is 14.7. The van der Waals surface area contributed by atoms with Crippen LogP contribution in [-0.2, 0) is 11.3 Å². The summed E-state index contributed by atoms with van der Waals surface area (Å²) in [6, 6.07) is 15.4. The van der Waals surface area contributed by atoms with Gasteiger partial charge in [0, 0.05) is 18.4 Å². The van der Waals surface area contributed by atoms with Crippen LogP contribution < -0.4 is 10.6 Å². The first-order valence-electron chi connectivity index (χ1n) is 8.21. The molecule has 132 valence electrons. The van der Waals surface area contributed by atoms with Gasteiger partial charge in [-0.05, 0) is 43.9 Å². The van der Waals surface area contributed by atoms with Crippen molar-refractivity contribution in [3.63, 3.8) is 0 Å². The fraction of sp³-hybridized carbons (Fsp3) is 0.211. The van der Waals surface area contributed by atoms with E-state index in [0.29, 0.717) is 24.6 Å². The highest BCUT2D eigenvalue weighted by atomic mass is 16.2. The molecule has 0 aliphatic carbocycles. The van der Waals surface area contributed by atoms with Crippen molar-refractivity contribution in [2.24, 2.45) is 0 Å². The SMILES string of the molecule is CN(C)CC(=O)Nc1cccc(CNc2nc3ccccn3c2C#N)c1. The van der Waals surface area contributed by atoms with E-state index >= 15 is 0 Å². The van der Waals surface area contributed by atoms with Crippen molar-refractivity contribution in [3.8, 4) is 6.07 Å². The quantitative estimate of drug-likeness (QED) is 0.714. The summed E-state index contributed by atoms with van der Waals surface area (Å²) >= 11 is 0. The summed E-state index contributed by atoms with van der Waals surface area (Å²) < 4.78 is 1.75. The Hall–Kier alpha value is -3.37. The summed E-state index contributed by atoms with van der Waals surface area (Å²) in [4.78, 5) is 18.1. The molecule has 0 radical (unpaired) electrons. The molecule has 0 saturated carbocycles. The first kappa shape index (κ1) is 17.5. The Balaban J connectivity index is 1.72. The van der Waals surface area contributed by atoms with E-state index in [1.54, 1.807) is 4.40 Å². The third-order valence-corrected chi connectivity index (χ3v) is 3.77. The Morgan fingerprint density at radius 1 is 1.27 bits per heavy atom. The third kappa shape index (κ3) is 3.99. The number of fused-ring (bicyclic) bond motifs is 1. The van der Waals surface area contributed by atoms with Gasteiger partial charge in [0.05, 0.1) is 6.54 Å². The summed E-state index contributed by atoms with van der Waals surface area (Å²) in [6.45, 7) is 0.825. The Morgan fingerprint density at radius 2 is 2.12 bits per heavy atom. The monoisotopic (exact) mass is 348 g/mol. The normalized spacial score (nSPS) is 10.7. The Morgan fingerprint density at radius 3 is 2.88 bits per heavy atom. The highest BCUT2D eigenvalue weighted by Gasteiger charge is 2.11. The molecule has 0 spiro atoms. The number of anilines is 2. The molecule has 0 bridgehead atoms. The predicted molar refractivity (Wildman–Crippen MR) is 101 cm³/mol. The molecule has 0 aliphatic rings. The van der Waals surface area contributed by atoms with E-state index in [1.165, 1.54) is 0 Å². The highest BCUT2D eigenvalue weighted by molar-refractivity contribution is 5.92. The van der Waals surface area contributed by atoms with E-state index in [1.807, 2.05) is 67.7 Å². The number of amides is 1. The molecule has 7 nitrogen and oxygen atoms in total. The van der Waals surface area contributed by atoms with Crippen LogP contribution in [0.3, 0.4) is 0 Å². The van der Waals surface area contributed by atoms with Crippen molar-refractivity contribution in [2.45, 2.75) is 6.54 Å². The van der Waals surface area contributed by atoms with Crippen LogP contribution in [0, 0.1) is 11.3 Å². The van der Waals surface area contributed by atoms with Gasteiger partial charge in [-0.1, -0.05) is 18.2 Å². The minimum absolute atomic E-state index is 0.0628. The molecule has 26 heavy (non-hydrogen) atoms. The lowest BCUT2D eigenvalue weighted by atomic mass is 10.2. The van der Waals surface area contributed by atoms with E-state index in [0.717, 1.165) is 16.9 Å². The minimum Gasteiger partial charge on any atom is -0.364 e. The topological polar surface area (TPSA) is 85.5 Å². The van der Waals surface area contributed by atoms with Gasteiger partial charge in [-0.25, -0.2) is 4.98 Å². The molecule has 2 heterocycles. The molecule has 0 saturated heterocycles. The molecule has 2 N–H and O–H groups in total. The largest absolute Gasteiger partial charge is 0.364 e. The zero-order valence-electron chi connectivity index (χ0n) is 14.7. The number of benzene rings is 1. The molecule has 0 aliphatic heterocycles. The van der Waals surface area contributed by atoms with E-state index in [9.17, 15) is 10.1 Å². The van der Waals surface area contributed by atoms with Gasteiger partial charge in [-0.3, -0.25) is 9.20 Å². The van der Waals surface area contributed by atoms with E-state index in [-0.39, 0.29) is 5.91 Å². The van der Waals surface area contributed by atoms with Gasteiger partial charge in [-0.15, -0.1) is 0 Å². The Labute approximate surface area is 151 Å². The second-order valence-corrected chi connectivity index (χ2v) is 6.19. The van der Waals surface area contributed by atoms with Gasteiger partial charge in [0.2, 0.25) is 5.91 Å². The highest BCUT2D eigenvalue weighted by Crippen LogP contribution is 2.18. The maximum atomic E-state index is 11.9. The van der Waals surface area contributed by atoms with Crippen LogP contribution in [0.1, 0.15) is 11.3 Å². The molecule has 7 heteroatoms. The lowest BCUT2D eigenvalue weighted by Crippen LogP contribution is -2.27. The first-order valence-corrected chi connectivity index (χ1v) is 8.21. The number of carbonyl (C=O) groups excluding carboxylic acids is 1. The number of nitrogens with one attached hydrogen (secondary N) is 2. The number of rotatable bonds is 6. The molecule has 3 aromatic rings. The standard InChI is InChI=1S/C19H20N6O/c1-24(2)13-18(26)22-15-7-5-6-14(10-15)12-21-19-16(11-20)25-9-4-3-8-17(25)23-19/h3-10,21H,12-13H2,1-2H3,(H,22,26). The van der Waals surface area contributed by atoms with Crippen molar-refractivity contribution in [1.29, 1.82) is 5.26 Å². The number of hydrogen-bond donors (Lipinski definition) is 2. The van der Waals surface area contributed by atoms with Gasteiger partial charge in [0.1, 0.15) is 11.7 Å². The summed E-state index contributed by atoms with van der Waals surface area (Å²) in [6.07, 6.45) is 1.81. The number of carbonyl (C=O) groups is 1. The van der Waals surface area contributed by atoms with Crippen LogP contribution >= 0.6 is 0 Å². The van der Waals surface area contributed by atoms with Crippen LogP contribution in [0.5, 0.6) is 0 Å². The van der Waals surface area contributed by atoms with E-state index < -0.39 is 0 Å². The maximum absolute atomic E-state index is 11.9. The van der Waals surface area contributed by atoms with E-state index in [2.05, 4.69) is 21.7 Å². The Kier molecular flexibility index (Phi) is 5.15. The number of nitrogens with zero attached hydrogens (tertiary/aromatic N) is 4. The van der Waals surface area contributed by atoms with Gasteiger partial charge in [0.25, 0.3) is 0 Å². The van der Waals surface area contributed by atoms with Crippen LogP contribution in [0.25, 0.3) is 5.65 Å². The van der Waals surface area contributed by atoms with Gasteiger partial charge >= 0.3 is 0 Å². The van der Waals surface area contributed by atoms with Crippen LogP contribution in [0.15, 0.2) is 48.7 Å². The van der Waals surface area contributed by atoms with Crippen molar-refractivity contribution in [1.82, 2.24) is 14.3 Å². The van der Waals surface area contributed by atoms with Crippen LogP contribution in [-0.4, -0.2) is 40.8 Å². The molecular weight excluding hydrogens is 328 g/mol. The number of imidazole rings is 1. The van der Waals surface area contributed by atoms with Gasteiger partial charge in [-0.2, -0.15) is 5.26 Å². The molecule has 0 unspecified atom stereocenters. The molecule has 0 fully saturated rings. The second-order valence-electron chi connectivity index (χ2n) is 6.19. The average Bonchev–Trinajstić information content (AvgIpc) is 2.97. The lowest BCUT2D eigenvalue weighted by Gasteiger charge is -2.11. The summed E-state index contributed by atoms with van der Waals surface area (Å²) in [7, 11) is 3.70. The number of hydrogen-bond acceptors (Lipinski definition) is 5. The van der Waals surface area contributed by atoms with E-state index in [4.69, 9.17) is 0 Å². The second kappa shape index (κ2) is 7.68. The van der Waals surface area contributed by atoms with Crippen molar-refractivity contribution in [3.05, 3.63) is 59.9 Å². The minimum atomic E-state index is -0.0628. The summed E-state index contributed by atoms with van der Waals surface area (Å²) in [5.74, 6) is 0.480. The zero-order chi connectivity index (χ0) is 18.5. The van der Waals surface area contributed by atoms with Crippen molar-refractivity contribution in [2.75, 3.05) is 31.3 Å². The average molecular weight is 348 g/mol. The Bertz CT molecular complexity index is 970. The van der Waals surface area contributed by atoms with Crippen LogP contribution in [0.2, 0.25) is 0 Å². The van der Waals surface area contributed by atoms with Crippen molar-refractivity contribution >= 4 is 23.1 Å². The first-order chi connectivity index (χ1) is 12.6. The van der Waals surface area contributed by atoms with Gasteiger partial charge < -0.3 is 15.5 Å². The fourth-order valence-corrected chi connectivity index (χ4v) is 2.66. The fourth-order valence-electron chi connectivity index (χ4n) is 2.66. The molecule has 3 rings (SSSR count). The summed E-state index contributed by atoms with van der Waals surface area (Å²) in [5, 5.41) is 15.5. The molecule has 0 atom stereocenters. The molecule has 1 aromatic carbocycles. The third-order valence-electron chi connectivity index (χ3n) is 3.77. The number of nitriles is 1. The molecule has 2 aromatic heterocycles. The predicted octanol–water partition coefficient (Wildman–Crippen LogP) is 2.32. The number of likely N-dealkylation sites (N-methyl/N-ethyl adjacent to an activating group) is 1. The van der Waals surface area contributed by atoms with Crippen LogP contribution in [0.4, 0.5) is 11.5 Å². The number of aromatic nitrogens is 2. The van der Waals surface area contributed by atoms with Gasteiger partial charge in [0.15, 0.2) is 11.5 Å². The lowest BCUT2D eigenvalue weighted by molar-refractivity contribution is -0.116.